The first-order valence-corrected chi connectivity index (χ1v) is 6.01. The van der Waals surface area contributed by atoms with E-state index in [2.05, 4.69) is 10.3 Å². The highest BCUT2D eigenvalue weighted by atomic mass is 35.5. The second-order valence-corrected chi connectivity index (χ2v) is 4.94. The van der Waals surface area contributed by atoms with Gasteiger partial charge in [0.05, 0.1) is 11.0 Å². The quantitative estimate of drug-likeness (QED) is 0.891. The fourth-order valence-electron chi connectivity index (χ4n) is 1.69. The molecule has 1 aliphatic carbocycles. The Balaban J connectivity index is 0.00000128. The summed E-state index contributed by atoms with van der Waals surface area (Å²) in [6, 6.07) is 0. The molecule has 4 nitrogen and oxygen atoms in total. The molecule has 1 aromatic rings. The smallest absolute Gasteiger partial charge is 0.271 e. The molecule has 0 bridgehead atoms. The van der Waals surface area contributed by atoms with E-state index in [0.717, 1.165) is 12.8 Å². The number of halogens is 2. The van der Waals surface area contributed by atoms with Gasteiger partial charge in [-0.05, 0) is 25.7 Å². The number of hydrogen-bond donors (Lipinski definition) is 2. The molecule has 1 aliphatic rings. The zero-order valence-electron chi connectivity index (χ0n) is 9.51. The lowest BCUT2D eigenvalue weighted by Gasteiger charge is -2.29. The summed E-state index contributed by atoms with van der Waals surface area (Å²) in [6.07, 6.45) is 2.32. The van der Waals surface area contributed by atoms with Crippen LogP contribution in [0, 0.1) is 5.92 Å². The SMILES string of the molecule is CC(CN)(NC(=O)c1cscn1)C1CC1.Cl.Cl. The largest absolute Gasteiger partial charge is 0.344 e. The van der Waals surface area contributed by atoms with Gasteiger partial charge >= 0.3 is 0 Å². The van der Waals surface area contributed by atoms with Gasteiger partial charge in [0.25, 0.3) is 5.91 Å². The summed E-state index contributed by atoms with van der Waals surface area (Å²) in [5, 5.41) is 4.74. The first-order chi connectivity index (χ1) is 7.15. The Morgan fingerprint density at radius 1 is 1.65 bits per heavy atom. The Bertz CT molecular complexity index is 356. The van der Waals surface area contributed by atoms with Crippen molar-refractivity contribution in [3.05, 3.63) is 16.6 Å². The van der Waals surface area contributed by atoms with Crippen molar-refractivity contribution in [2.75, 3.05) is 6.54 Å². The van der Waals surface area contributed by atoms with Gasteiger partial charge in [-0.3, -0.25) is 4.79 Å². The van der Waals surface area contributed by atoms with E-state index in [1.54, 1.807) is 10.9 Å². The topological polar surface area (TPSA) is 68.0 Å². The number of nitrogens with one attached hydrogen (secondary N) is 1. The molecule has 1 aromatic heterocycles. The van der Waals surface area contributed by atoms with E-state index in [-0.39, 0.29) is 36.3 Å². The molecular formula is C10H17Cl2N3OS. The van der Waals surface area contributed by atoms with Crippen molar-refractivity contribution in [2.45, 2.75) is 25.3 Å². The van der Waals surface area contributed by atoms with E-state index < -0.39 is 0 Å². The highest BCUT2D eigenvalue weighted by Gasteiger charge is 2.41. The van der Waals surface area contributed by atoms with Crippen LogP contribution < -0.4 is 11.1 Å². The predicted octanol–water partition coefficient (Wildman–Crippen LogP) is 1.84. The van der Waals surface area contributed by atoms with Crippen molar-refractivity contribution >= 4 is 42.1 Å². The Morgan fingerprint density at radius 3 is 2.71 bits per heavy atom. The van der Waals surface area contributed by atoms with Crippen molar-refractivity contribution in [1.82, 2.24) is 10.3 Å². The zero-order valence-corrected chi connectivity index (χ0v) is 12.0. The van der Waals surface area contributed by atoms with Gasteiger partial charge in [-0.15, -0.1) is 36.2 Å². The number of carbonyl (C=O) groups excluding carboxylic acids is 1. The van der Waals surface area contributed by atoms with Crippen molar-refractivity contribution in [2.24, 2.45) is 11.7 Å². The lowest BCUT2D eigenvalue weighted by Crippen LogP contribution is -2.53. The molecule has 1 unspecified atom stereocenters. The average molecular weight is 298 g/mol. The highest BCUT2D eigenvalue weighted by molar-refractivity contribution is 7.07. The highest BCUT2D eigenvalue weighted by Crippen LogP contribution is 2.39. The molecule has 0 aromatic carbocycles. The minimum atomic E-state index is -0.263. The number of thiazole rings is 1. The van der Waals surface area contributed by atoms with Gasteiger partial charge in [0.1, 0.15) is 5.69 Å². The fraction of sp³-hybridized carbons (Fsp3) is 0.600. The number of nitrogens with zero attached hydrogens (tertiary/aromatic N) is 1. The summed E-state index contributed by atoms with van der Waals surface area (Å²) in [5.74, 6) is 0.418. The molecule has 0 aliphatic heterocycles. The lowest BCUT2D eigenvalue weighted by atomic mass is 9.96. The zero-order chi connectivity index (χ0) is 10.9. The van der Waals surface area contributed by atoms with Gasteiger partial charge in [0, 0.05) is 11.9 Å². The molecule has 2 rings (SSSR count). The third kappa shape index (κ3) is 3.81. The van der Waals surface area contributed by atoms with Crippen molar-refractivity contribution in [3.63, 3.8) is 0 Å². The molecule has 3 N–H and O–H groups in total. The summed E-state index contributed by atoms with van der Waals surface area (Å²) in [7, 11) is 0. The third-order valence-corrected chi connectivity index (χ3v) is 3.55. The number of amides is 1. The van der Waals surface area contributed by atoms with Crippen LogP contribution in [0.25, 0.3) is 0 Å². The van der Waals surface area contributed by atoms with Crippen molar-refractivity contribution in [3.8, 4) is 0 Å². The maximum Gasteiger partial charge on any atom is 0.271 e. The summed E-state index contributed by atoms with van der Waals surface area (Å²) in [6.45, 7) is 2.49. The van der Waals surface area contributed by atoms with Gasteiger partial charge in [0.2, 0.25) is 0 Å². The Hall–Kier alpha value is -0.360. The van der Waals surface area contributed by atoms with Crippen LogP contribution in [0.2, 0.25) is 0 Å². The summed E-state index contributed by atoms with van der Waals surface area (Å²) in [5.41, 5.74) is 7.60. The Kier molecular flexibility index (Phi) is 6.40. The van der Waals surface area contributed by atoms with E-state index in [4.69, 9.17) is 5.73 Å². The average Bonchev–Trinajstić information content (AvgIpc) is 2.94. The maximum atomic E-state index is 11.8. The fourth-order valence-corrected chi connectivity index (χ4v) is 2.22. The molecule has 0 saturated heterocycles. The first kappa shape index (κ1) is 16.6. The standard InChI is InChI=1S/C10H15N3OS.2ClH/c1-10(5-11,7-2-3-7)13-9(14)8-4-15-6-12-8;;/h4,6-7H,2-3,5,11H2,1H3,(H,13,14);2*1H. The normalized spacial score (nSPS) is 17.3. The van der Waals surface area contributed by atoms with Crippen LogP contribution in [0.5, 0.6) is 0 Å². The van der Waals surface area contributed by atoms with E-state index in [9.17, 15) is 4.79 Å². The van der Waals surface area contributed by atoms with Crippen LogP contribution in [0.4, 0.5) is 0 Å². The number of aromatic nitrogens is 1. The van der Waals surface area contributed by atoms with Gasteiger partial charge in [0.15, 0.2) is 0 Å². The van der Waals surface area contributed by atoms with E-state index in [1.165, 1.54) is 11.3 Å². The van der Waals surface area contributed by atoms with Crippen LogP contribution in [-0.2, 0) is 0 Å². The molecule has 1 heterocycles. The molecule has 0 spiro atoms. The molecule has 1 saturated carbocycles. The number of carbonyl (C=O) groups is 1. The van der Waals surface area contributed by atoms with Gasteiger partial charge < -0.3 is 11.1 Å². The first-order valence-electron chi connectivity index (χ1n) is 5.06. The van der Waals surface area contributed by atoms with Gasteiger partial charge in [-0.2, -0.15) is 0 Å². The molecular weight excluding hydrogens is 281 g/mol. The van der Waals surface area contributed by atoms with E-state index >= 15 is 0 Å². The summed E-state index contributed by atoms with van der Waals surface area (Å²) in [4.78, 5) is 15.8. The summed E-state index contributed by atoms with van der Waals surface area (Å²) < 4.78 is 0. The van der Waals surface area contributed by atoms with E-state index in [1.807, 2.05) is 6.92 Å². The summed E-state index contributed by atoms with van der Waals surface area (Å²) >= 11 is 1.42. The van der Waals surface area contributed by atoms with Gasteiger partial charge in [-0.25, -0.2) is 4.98 Å². The molecule has 1 fully saturated rings. The van der Waals surface area contributed by atoms with Crippen LogP contribution in [0.3, 0.4) is 0 Å². The molecule has 0 radical (unpaired) electrons. The Labute approximate surface area is 117 Å². The van der Waals surface area contributed by atoms with Crippen LogP contribution in [0.15, 0.2) is 10.9 Å². The lowest BCUT2D eigenvalue weighted by molar-refractivity contribution is 0.0893. The van der Waals surface area contributed by atoms with E-state index in [0.29, 0.717) is 18.2 Å². The van der Waals surface area contributed by atoms with Crippen LogP contribution in [0.1, 0.15) is 30.3 Å². The predicted molar refractivity (Wildman–Crippen MR) is 74.3 cm³/mol. The molecule has 7 heteroatoms. The number of nitrogens with two attached hydrogens (primary N) is 1. The molecule has 17 heavy (non-hydrogen) atoms. The second-order valence-electron chi connectivity index (χ2n) is 4.22. The molecule has 1 amide bonds. The van der Waals surface area contributed by atoms with Crippen molar-refractivity contribution < 1.29 is 4.79 Å². The van der Waals surface area contributed by atoms with Crippen LogP contribution in [-0.4, -0.2) is 23.0 Å². The third-order valence-electron chi connectivity index (χ3n) is 2.97. The Morgan fingerprint density at radius 2 is 2.29 bits per heavy atom. The minimum absolute atomic E-state index is 0. The molecule has 1 atom stereocenters. The second kappa shape index (κ2) is 6.54. The van der Waals surface area contributed by atoms with Crippen LogP contribution >= 0.6 is 36.2 Å². The van der Waals surface area contributed by atoms with Gasteiger partial charge in [-0.1, -0.05) is 0 Å². The number of hydrogen-bond acceptors (Lipinski definition) is 4. The monoisotopic (exact) mass is 297 g/mol. The maximum absolute atomic E-state index is 11.8. The van der Waals surface area contributed by atoms with Crippen molar-refractivity contribution in [1.29, 1.82) is 0 Å². The minimum Gasteiger partial charge on any atom is -0.344 e. The molecule has 98 valence electrons. The number of rotatable bonds is 4.